The molecule has 2 N–H and O–H groups in total. The van der Waals surface area contributed by atoms with Crippen molar-refractivity contribution in [3.05, 3.63) is 41.5 Å². The van der Waals surface area contributed by atoms with E-state index in [9.17, 15) is 0 Å². The summed E-state index contributed by atoms with van der Waals surface area (Å²) in [6.07, 6.45) is 2.90. The van der Waals surface area contributed by atoms with Crippen LogP contribution in [0.3, 0.4) is 0 Å². The predicted molar refractivity (Wildman–Crippen MR) is 75.0 cm³/mol. The maximum absolute atomic E-state index is 5.93. The average Bonchev–Trinajstić information content (AvgIpc) is 3.18. The summed E-state index contributed by atoms with van der Waals surface area (Å²) in [5.74, 6) is 1.80. The smallest absolute Gasteiger partial charge is 0.231 e. The van der Waals surface area contributed by atoms with E-state index in [0.29, 0.717) is 30.7 Å². The van der Waals surface area contributed by atoms with Gasteiger partial charge in [0.25, 0.3) is 0 Å². The summed E-state index contributed by atoms with van der Waals surface area (Å²) < 4.78 is 11.1. The number of ether oxygens (including phenoxy) is 1. The Morgan fingerprint density at radius 1 is 1.40 bits per heavy atom. The molecule has 0 aliphatic heterocycles. The minimum absolute atomic E-state index is 0.0226. The zero-order chi connectivity index (χ0) is 13.9. The molecular weight excluding hydrogens is 254 g/mol. The van der Waals surface area contributed by atoms with Gasteiger partial charge in [0.15, 0.2) is 0 Å². The molecule has 106 valence electrons. The standard InChI is InChI=1S/C15H19N3O2/c1-2-19-14(10-7-8-10)15-17-13(20-18-15)9-11-5-3-4-6-12(11)16/h3-6,10,14H,2,7-9,16H2,1H3. The zero-order valence-corrected chi connectivity index (χ0v) is 11.6. The summed E-state index contributed by atoms with van der Waals surface area (Å²) in [6, 6.07) is 7.71. The Hall–Kier alpha value is -1.88. The first-order chi connectivity index (χ1) is 9.78. The van der Waals surface area contributed by atoms with Gasteiger partial charge < -0.3 is 15.0 Å². The molecule has 5 nitrogen and oxygen atoms in total. The van der Waals surface area contributed by atoms with Crippen LogP contribution < -0.4 is 5.73 Å². The number of nitrogens with two attached hydrogens (primary N) is 1. The van der Waals surface area contributed by atoms with Crippen LogP contribution in [-0.4, -0.2) is 16.7 Å². The number of nitrogen functional groups attached to an aromatic ring is 1. The third kappa shape index (κ3) is 2.82. The molecule has 2 aromatic rings. The van der Waals surface area contributed by atoms with Crippen molar-refractivity contribution in [1.82, 2.24) is 10.1 Å². The van der Waals surface area contributed by atoms with Crippen LogP contribution in [0.5, 0.6) is 0 Å². The van der Waals surface area contributed by atoms with Gasteiger partial charge in [-0.25, -0.2) is 0 Å². The SMILES string of the molecule is CCOC(c1noc(Cc2ccccc2N)n1)C1CC1. The molecule has 0 saturated heterocycles. The molecule has 1 aromatic heterocycles. The van der Waals surface area contributed by atoms with Crippen LogP contribution >= 0.6 is 0 Å². The Balaban J connectivity index is 1.74. The molecule has 20 heavy (non-hydrogen) atoms. The highest BCUT2D eigenvalue weighted by molar-refractivity contribution is 5.47. The minimum atomic E-state index is -0.0226. The number of nitrogens with zero attached hydrogens (tertiary/aromatic N) is 2. The molecule has 0 bridgehead atoms. The van der Waals surface area contributed by atoms with Gasteiger partial charge in [0, 0.05) is 12.3 Å². The number of rotatable bonds is 6. The second-order valence-corrected chi connectivity index (χ2v) is 5.14. The van der Waals surface area contributed by atoms with E-state index in [0.717, 1.165) is 11.3 Å². The molecule has 1 saturated carbocycles. The lowest BCUT2D eigenvalue weighted by atomic mass is 10.1. The molecular formula is C15H19N3O2. The van der Waals surface area contributed by atoms with Crippen molar-refractivity contribution in [2.24, 2.45) is 5.92 Å². The van der Waals surface area contributed by atoms with Crippen molar-refractivity contribution < 1.29 is 9.26 Å². The van der Waals surface area contributed by atoms with E-state index < -0.39 is 0 Å². The Morgan fingerprint density at radius 3 is 2.90 bits per heavy atom. The van der Waals surface area contributed by atoms with Crippen LogP contribution in [0.15, 0.2) is 28.8 Å². The van der Waals surface area contributed by atoms with Crippen molar-refractivity contribution in [3.8, 4) is 0 Å². The van der Waals surface area contributed by atoms with Gasteiger partial charge in [0.05, 0.1) is 6.42 Å². The second kappa shape index (κ2) is 5.63. The zero-order valence-electron chi connectivity index (χ0n) is 11.6. The van der Waals surface area contributed by atoms with Crippen molar-refractivity contribution in [3.63, 3.8) is 0 Å². The first-order valence-electron chi connectivity index (χ1n) is 7.05. The monoisotopic (exact) mass is 273 g/mol. The quantitative estimate of drug-likeness (QED) is 0.819. The average molecular weight is 273 g/mol. The Morgan fingerprint density at radius 2 is 2.20 bits per heavy atom. The molecule has 1 fully saturated rings. The fraction of sp³-hybridized carbons (Fsp3) is 0.467. The molecule has 1 unspecified atom stereocenters. The normalized spacial score (nSPS) is 16.2. The Bertz CT molecular complexity index is 578. The Kier molecular flexibility index (Phi) is 3.69. The summed E-state index contributed by atoms with van der Waals surface area (Å²) in [5, 5.41) is 4.07. The van der Waals surface area contributed by atoms with Crippen LogP contribution in [0.2, 0.25) is 0 Å². The highest BCUT2D eigenvalue weighted by Gasteiger charge is 2.36. The highest BCUT2D eigenvalue weighted by atomic mass is 16.5. The predicted octanol–water partition coefficient (Wildman–Crippen LogP) is 2.73. The number of aromatic nitrogens is 2. The molecule has 1 aliphatic rings. The van der Waals surface area contributed by atoms with Gasteiger partial charge in [-0.1, -0.05) is 23.4 Å². The molecule has 0 radical (unpaired) electrons. The van der Waals surface area contributed by atoms with E-state index in [1.807, 2.05) is 31.2 Å². The lowest BCUT2D eigenvalue weighted by Gasteiger charge is -2.11. The third-order valence-corrected chi connectivity index (χ3v) is 3.53. The summed E-state index contributed by atoms with van der Waals surface area (Å²) in [7, 11) is 0. The van der Waals surface area contributed by atoms with Gasteiger partial charge in [-0.3, -0.25) is 0 Å². The molecule has 1 atom stereocenters. The van der Waals surface area contributed by atoms with Gasteiger partial charge in [0.2, 0.25) is 11.7 Å². The minimum Gasteiger partial charge on any atom is -0.398 e. The molecule has 1 heterocycles. The van der Waals surface area contributed by atoms with Gasteiger partial charge in [-0.05, 0) is 37.3 Å². The van der Waals surface area contributed by atoms with Gasteiger partial charge in [-0.15, -0.1) is 0 Å². The largest absolute Gasteiger partial charge is 0.398 e. The van der Waals surface area contributed by atoms with E-state index in [2.05, 4.69) is 10.1 Å². The highest BCUT2D eigenvalue weighted by Crippen LogP contribution is 2.42. The molecule has 5 heteroatoms. The van der Waals surface area contributed by atoms with Crippen molar-refractivity contribution in [2.75, 3.05) is 12.3 Å². The summed E-state index contributed by atoms with van der Waals surface area (Å²) in [6.45, 7) is 2.65. The third-order valence-electron chi connectivity index (χ3n) is 3.53. The second-order valence-electron chi connectivity index (χ2n) is 5.14. The van der Waals surface area contributed by atoms with Gasteiger partial charge in [0.1, 0.15) is 6.10 Å². The fourth-order valence-corrected chi connectivity index (χ4v) is 2.31. The fourth-order valence-electron chi connectivity index (χ4n) is 2.31. The lowest BCUT2D eigenvalue weighted by molar-refractivity contribution is 0.0384. The first-order valence-corrected chi connectivity index (χ1v) is 7.05. The number of hydrogen-bond donors (Lipinski definition) is 1. The van der Waals surface area contributed by atoms with Gasteiger partial charge >= 0.3 is 0 Å². The van der Waals surface area contributed by atoms with Crippen LogP contribution in [-0.2, 0) is 11.2 Å². The van der Waals surface area contributed by atoms with E-state index in [-0.39, 0.29) is 6.10 Å². The molecule has 1 aliphatic carbocycles. The number of para-hydroxylation sites is 1. The molecule has 0 amide bonds. The van der Waals surface area contributed by atoms with Crippen LogP contribution in [0.25, 0.3) is 0 Å². The summed E-state index contributed by atoms with van der Waals surface area (Å²) in [5.41, 5.74) is 7.67. The van der Waals surface area contributed by atoms with E-state index in [1.54, 1.807) is 0 Å². The lowest BCUT2D eigenvalue weighted by Crippen LogP contribution is -2.08. The maximum atomic E-state index is 5.93. The van der Waals surface area contributed by atoms with Crippen LogP contribution in [0, 0.1) is 5.92 Å². The molecule has 0 spiro atoms. The topological polar surface area (TPSA) is 74.2 Å². The first kappa shape index (κ1) is 13.1. The van der Waals surface area contributed by atoms with Crippen molar-refractivity contribution in [1.29, 1.82) is 0 Å². The van der Waals surface area contributed by atoms with Gasteiger partial charge in [-0.2, -0.15) is 4.98 Å². The van der Waals surface area contributed by atoms with Crippen LogP contribution in [0.4, 0.5) is 5.69 Å². The Labute approximate surface area is 118 Å². The molecule has 1 aromatic carbocycles. The number of benzene rings is 1. The summed E-state index contributed by atoms with van der Waals surface area (Å²) >= 11 is 0. The molecule has 3 rings (SSSR count). The van der Waals surface area contributed by atoms with Crippen LogP contribution in [0.1, 0.15) is 43.1 Å². The van der Waals surface area contributed by atoms with Crippen molar-refractivity contribution in [2.45, 2.75) is 32.3 Å². The van der Waals surface area contributed by atoms with E-state index >= 15 is 0 Å². The number of anilines is 1. The van der Waals surface area contributed by atoms with Crippen molar-refractivity contribution >= 4 is 5.69 Å². The van der Waals surface area contributed by atoms with E-state index in [4.69, 9.17) is 15.0 Å². The van der Waals surface area contributed by atoms with E-state index in [1.165, 1.54) is 12.8 Å². The summed E-state index contributed by atoms with van der Waals surface area (Å²) in [4.78, 5) is 4.47. The maximum Gasteiger partial charge on any atom is 0.231 e. The number of hydrogen-bond acceptors (Lipinski definition) is 5.